The van der Waals surface area contributed by atoms with Gasteiger partial charge < -0.3 is 4.90 Å². The number of rotatable bonds is 4. The van der Waals surface area contributed by atoms with E-state index < -0.39 is 0 Å². The molecule has 1 amide bonds. The Hall–Kier alpha value is -1.82. The van der Waals surface area contributed by atoms with E-state index in [-0.39, 0.29) is 5.91 Å². The SMILES string of the molecule is CN(C)C(=O)CSc1nncn1-c1ccccc1. The van der Waals surface area contributed by atoms with Crippen LogP contribution in [0.25, 0.3) is 5.69 Å². The monoisotopic (exact) mass is 262 g/mol. The number of carbonyl (C=O) groups excluding carboxylic acids is 1. The molecule has 0 atom stereocenters. The van der Waals surface area contributed by atoms with Crippen LogP contribution in [0.1, 0.15) is 0 Å². The molecule has 2 rings (SSSR count). The number of benzene rings is 1. The van der Waals surface area contributed by atoms with Crippen LogP contribution in [0.5, 0.6) is 0 Å². The molecule has 5 nitrogen and oxygen atoms in total. The molecular formula is C12H14N4OS. The van der Waals surface area contributed by atoms with Gasteiger partial charge in [0.1, 0.15) is 6.33 Å². The van der Waals surface area contributed by atoms with Crippen molar-refractivity contribution in [1.29, 1.82) is 0 Å². The summed E-state index contributed by atoms with van der Waals surface area (Å²) in [6.07, 6.45) is 1.65. The van der Waals surface area contributed by atoms with E-state index in [2.05, 4.69) is 10.2 Å². The minimum atomic E-state index is 0.0580. The van der Waals surface area contributed by atoms with Crippen LogP contribution >= 0.6 is 11.8 Å². The van der Waals surface area contributed by atoms with Crippen molar-refractivity contribution in [2.75, 3.05) is 19.8 Å². The number of hydrogen-bond donors (Lipinski definition) is 0. The Morgan fingerprint density at radius 2 is 2.06 bits per heavy atom. The lowest BCUT2D eigenvalue weighted by molar-refractivity contribution is -0.125. The second kappa shape index (κ2) is 5.68. The van der Waals surface area contributed by atoms with Gasteiger partial charge in [-0.15, -0.1) is 10.2 Å². The minimum absolute atomic E-state index is 0.0580. The molecule has 0 radical (unpaired) electrons. The van der Waals surface area contributed by atoms with Gasteiger partial charge >= 0.3 is 0 Å². The Morgan fingerprint density at radius 3 is 2.72 bits per heavy atom. The van der Waals surface area contributed by atoms with Crippen LogP contribution in [0, 0.1) is 0 Å². The van der Waals surface area contributed by atoms with Gasteiger partial charge in [0.15, 0.2) is 5.16 Å². The summed E-state index contributed by atoms with van der Waals surface area (Å²) in [5.74, 6) is 0.418. The van der Waals surface area contributed by atoms with E-state index in [9.17, 15) is 4.79 Å². The average molecular weight is 262 g/mol. The average Bonchev–Trinajstić information content (AvgIpc) is 2.85. The zero-order valence-electron chi connectivity index (χ0n) is 10.3. The van der Waals surface area contributed by atoms with Crippen LogP contribution in [0.3, 0.4) is 0 Å². The largest absolute Gasteiger partial charge is 0.348 e. The first-order valence-corrected chi connectivity index (χ1v) is 6.45. The second-order valence-electron chi connectivity index (χ2n) is 3.90. The third-order valence-corrected chi connectivity index (χ3v) is 3.30. The molecule has 0 saturated heterocycles. The fourth-order valence-corrected chi connectivity index (χ4v) is 2.25. The Bertz CT molecular complexity index is 524. The van der Waals surface area contributed by atoms with E-state index in [0.717, 1.165) is 10.8 Å². The molecule has 1 heterocycles. The van der Waals surface area contributed by atoms with Crippen LogP contribution in [0.4, 0.5) is 0 Å². The Labute approximate surface area is 110 Å². The lowest BCUT2D eigenvalue weighted by Gasteiger charge is -2.09. The van der Waals surface area contributed by atoms with E-state index in [0.29, 0.717) is 5.75 Å². The van der Waals surface area contributed by atoms with Crippen molar-refractivity contribution in [2.24, 2.45) is 0 Å². The van der Waals surface area contributed by atoms with Crippen molar-refractivity contribution in [3.8, 4) is 5.69 Å². The van der Waals surface area contributed by atoms with Crippen LogP contribution in [0.2, 0.25) is 0 Å². The van der Waals surface area contributed by atoms with E-state index >= 15 is 0 Å². The Kier molecular flexibility index (Phi) is 3.99. The summed E-state index contributed by atoms with van der Waals surface area (Å²) in [6, 6.07) is 9.81. The van der Waals surface area contributed by atoms with Gasteiger partial charge in [-0.1, -0.05) is 30.0 Å². The van der Waals surface area contributed by atoms with Gasteiger partial charge in [0.25, 0.3) is 0 Å². The van der Waals surface area contributed by atoms with Crippen LogP contribution in [-0.4, -0.2) is 45.4 Å². The number of amides is 1. The molecule has 6 heteroatoms. The molecule has 0 aliphatic heterocycles. The second-order valence-corrected chi connectivity index (χ2v) is 4.84. The molecule has 1 aromatic heterocycles. The van der Waals surface area contributed by atoms with Crippen molar-refractivity contribution in [2.45, 2.75) is 5.16 Å². The predicted molar refractivity (Wildman–Crippen MR) is 70.8 cm³/mol. The Morgan fingerprint density at radius 1 is 1.33 bits per heavy atom. The van der Waals surface area contributed by atoms with Crippen molar-refractivity contribution >= 4 is 17.7 Å². The molecule has 0 aliphatic rings. The van der Waals surface area contributed by atoms with Crippen LogP contribution < -0.4 is 0 Å². The van der Waals surface area contributed by atoms with Crippen LogP contribution in [0.15, 0.2) is 41.8 Å². The number of carbonyl (C=O) groups is 1. The zero-order chi connectivity index (χ0) is 13.0. The molecule has 18 heavy (non-hydrogen) atoms. The van der Waals surface area contributed by atoms with Gasteiger partial charge in [-0.2, -0.15) is 0 Å². The van der Waals surface area contributed by atoms with Gasteiger partial charge in [-0.25, -0.2) is 0 Å². The quantitative estimate of drug-likeness (QED) is 0.783. The van der Waals surface area contributed by atoms with Gasteiger partial charge in [0.05, 0.1) is 5.75 Å². The third kappa shape index (κ3) is 2.89. The lowest BCUT2D eigenvalue weighted by Crippen LogP contribution is -2.23. The first-order valence-electron chi connectivity index (χ1n) is 5.47. The van der Waals surface area contributed by atoms with Crippen molar-refractivity contribution in [1.82, 2.24) is 19.7 Å². The van der Waals surface area contributed by atoms with Crippen molar-refractivity contribution in [3.63, 3.8) is 0 Å². The van der Waals surface area contributed by atoms with E-state index in [1.165, 1.54) is 11.8 Å². The molecule has 0 N–H and O–H groups in total. The highest BCUT2D eigenvalue weighted by molar-refractivity contribution is 7.99. The molecule has 0 saturated carbocycles. The number of nitrogens with zero attached hydrogens (tertiary/aromatic N) is 4. The first kappa shape index (κ1) is 12.6. The Balaban J connectivity index is 2.12. The molecular weight excluding hydrogens is 248 g/mol. The van der Waals surface area contributed by atoms with Gasteiger partial charge in [-0.3, -0.25) is 9.36 Å². The van der Waals surface area contributed by atoms with Gasteiger partial charge in [0, 0.05) is 19.8 Å². The zero-order valence-corrected chi connectivity index (χ0v) is 11.1. The summed E-state index contributed by atoms with van der Waals surface area (Å²) in [5.41, 5.74) is 0.988. The maximum atomic E-state index is 11.5. The molecule has 0 unspecified atom stereocenters. The highest BCUT2D eigenvalue weighted by Crippen LogP contribution is 2.19. The summed E-state index contributed by atoms with van der Waals surface area (Å²) in [5, 5.41) is 8.64. The summed E-state index contributed by atoms with van der Waals surface area (Å²) in [7, 11) is 3.48. The summed E-state index contributed by atoms with van der Waals surface area (Å²) in [6.45, 7) is 0. The fourth-order valence-electron chi connectivity index (χ4n) is 1.34. The number of thioether (sulfide) groups is 1. The summed E-state index contributed by atoms with van der Waals surface area (Å²) in [4.78, 5) is 13.1. The maximum Gasteiger partial charge on any atom is 0.232 e. The third-order valence-electron chi connectivity index (χ3n) is 2.37. The van der Waals surface area contributed by atoms with Crippen molar-refractivity contribution in [3.05, 3.63) is 36.7 Å². The van der Waals surface area contributed by atoms with Crippen molar-refractivity contribution < 1.29 is 4.79 Å². The number of aromatic nitrogens is 3. The van der Waals surface area contributed by atoms with Gasteiger partial charge in [0.2, 0.25) is 5.91 Å². The van der Waals surface area contributed by atoms with E-state index in [4.69, 9.17) is 0 Å². The summed E-state index contributed by atoms with van der Waals surface area (Å²) < 4.78 is 1.87. The molecule has 0 aliphatic carbocycles. The van der Waals surface area contributed by atoms with E-state index in [1.807, 2.05) is 34.9 Å². The predicted octanol–water partition coefficient (Wildman–Crippen LogP) is 1.45. The summed E-state index contributed by atoms with van der Waals surface area (Å²) >= 11 is 1.38. The van der Waals surface area contributed by atoms with Crippen LogP contribution in [-0.2, 0) is 4.79 Å². The molecule has 0 bridgehead atoms. The maximum absolute atomic E-state index is 11.5. The molecule has 0 fully saturated rings. The molecule has 1 aromatic carbocycles. The molecule has 2 aromatic rings. The molecule has 0 spiro atoms. The van der Waals surface area contributed by atoms with Gasteiger partial charge in [-0.05, 0) is 12.1 Å². The fraction of sp³-hybridized carbons (Fsp3) is 0.250. The number of para-hydroxylation sites is 1. The first-order chi connectivity index (χ1) is 8.68. The lowest BCUT2D eigenvalue weighted by atomic mass is 10.3. The van der Waals surface area contributed by atoms with E-state index in [1.54, 1.807) is 25.3 Å². The smallest absolute Gasteiger partial charge is 0.232 e. The highest BCUT2D eigenvalue weighted by Gasteiger charge is 2.10. The minimum Gasteiger partial charge on any atom is -0.348 e. The standard InChI is InChI=1S/C12H14N4OS/c1-15(2)11(17)8-18-12-14-13-9-16(12)10-6-4-3-5-7-10/h3-7,9H,8H2,1-2H3. The highest BCUT2D eigenvalue weighted by atomic mass is 32.2. The number of hydrogen-bond acceptors (Lipinski definition) is 4. The molecule has 94 valence electrons. The topological polar surface area (TPSA) is 51.0 Å². The normalized spacial score (nSPS) is 10.3.